The Balaban J connectivity index is 2.29. The van der Waals surface area contributed by atoms with Gasteiger partial charge < -0.3 is 10.5 Å². The maximum absolute atomic E-state index is 5.95. The van der Waals surface area contributed by atoms with Crippen LogP contribution < -0.4 is 10.5 Å². The number of halogens is 1. The van der Waals surface area contributed by atoms with E-state index in [4.69, 9.17) is 22.1 Å². The fraction of sp³-hybridized carbons (Fsp3) is 0.250. The summed E-state index contributed by atoms with van der Waals surface area (Å²) >= 11 is 5.95. The topological polar surface area (TPSA) is 53.1 Å². The zero-order valence-electron chi connectivity index (χ0n) is 9.77. The zero-order chi connectivity index (χ0) is 12.4. The van der Waals surface area contributed by atoms with Gasteiger partial charge in [-0.05, 0) is 24.6 Å². The maximum Gasteiger partial charge on any atom is 0.121 e. The molecule has 2 aromatic rings. The summed E-state index contributed by atoms with van der Waals surface area (Å²) in [7, 11) is 1.62. The van der Waals surface area contributed by atoms with E-state index in [1.165, 1.54) is 0 Å². The number of rotatable bonds is 3. The van der Waals surface area contributed by atoms with Gasteiger partial charge in [-0.15, -0.1) is 0 Å². The average Bonchev–Trinajstić information content (AvgIpc) is 2.60. The van der Waals surface area contributed by atoms with E-state index in [1.807, 2.05) is 23.7 Å². The molecule has 0 fully saturated rings. The number of hydrogen-bond donors (Lipinski definition) is 1. The van der Waals surface area contributed by atoms with Gasteiger partial charge in [0.05, 0.1) is 30.6 Å². The second-order valence-corrected chi connectivity index (χ2v) is 4.26. The van der Waals surface area contributed by atoms with Crippen molar-refractivity contribution in [2.45, 2.75) is 13.5 Å². The van der Waals surface area contributed by atoms with Crippen LogP contribution in [-0.2, 0) is 6.54 Å². The molecule has 4 nitrogen and oxygen atoms in total. The van der Waals surface area contributed by atoms with Crippen molar-refractivity contribution in [3.05, 3.63) is 40.7 Å². The molecule has 0 aliphatic carbocycles. The van der Waals surface area contributed by atoms with Crippen LogP contribution in [0.1, 0.15) is 11.3 Å². The Morgan fingerprint density at radius 2 is 2.18 bits per heavy atom. The van der Waals surface area contributed by atoms with Crippen molar-refractivity contribution in [3.8, 4) is 5.75 Å². The third-order valence-electron chi connectivity index (χ3n) is 2.60. The Hall–Kier alpha value is -1.68. The van der Waals surface area contributed by atoms with Gasteiger partial charge >= 0.3 is 0 Å². The first-order valence-electron chi connectivity index (χ1n) is 5.21. The molecule has 2 N–H and O–H groups in total. The number of ether oxygens (including phenoxy) is 1. The average molecular weight is 252 g/mol. The van der Waals surface area contributed by atoms with Gasteiger partial charge in [0.15, 0.2) is 0 Å². The normalized spacial score (nSPS) is 10.5. The molecule has 0 unspecified atom stereocenters. The van der Waals surface area contributed by atoms with Gasteiger partial charge in [-0.2, -0.15) is 5.10 Å². The predicted octanol–water partition coefficient (Wildman–Crippen LogP) is 2.48. The first-order valence-corrected chi connectivity index (χ1v) is 5.59. The van der Waals surface area contributed by atoms with Gasteiger partial charge in [0.1, 0.15) is 5.75 Å². The van der Waals surface area contributed by atoms with Crippen LogP contribution in [0, 0.1) is 6.92 Å². The van der Waals surface area contributed by atoms with E-state index in [0.29, 0.717) is 17.3 Å². The number of hydrogen-bond acceptors (Lipinski definition) is 3. The molecular formula is C12H14ClN3O. The summed E-state index contributed by atoms with van der Waals surface area (Å²) in [5, 5.41) is 4.87. The molecule has 0 radical (unpaired) electrons. The number of methoxy groups -OCH3 is 1. The van der Waals surface area contributed by atoms with E-state index in [2.05, 4.69) is 5.10 Å². The third kappa shape index (κ3) is 2.53. The summed E-state index contributed by atoms with van der Waals surface area (Å²) in [6.45, 7) is 2.55. The van der Waals surface area contributed by atoms with Gasteiger partial charge in [-0.25, -0.2) is 0 Å². The number of anilines is 1. The number of benzene rings is 1. The molecule has 1 aromatic carbocycles. The van der Waals surface area contributed by atoms with Crippen molar-refractivity contribution in [1.29, 1.82) is 0 Å². The van der Waals surface area contributed by atoms with E-state index in [0.717, 1.165) is 17.0 Å². The summed E-state index contributed by atoms with van der Waals surface area (Å²) in [5.41, 5.74) is 8.44. The monoisotopic (exact) mass is 251 g/mol. The fourth-order valence-electron chi connectivity index (χ4n) is 1.65. The van der Waals surface area contributed by atoms with E-state index in [-0.39, 0.29) is 0 Å². The highest BCUT2D eigenvalue weighted by atomic mass is 35.5. The molecule has 5 heteroatoms. The Bertz CT molecular complexity index is 537. The molecule has 17 heavy (non-hydrogen) atoms. The summed E-state index contributed by atoms with van der Waals surface area (Å²) < 4.78 is 7.00. The minimum absolute atomic E-state index is 0.625. The lowest BCUT2D eigenvalue weighted by atomic mass is 10.2. The summed E-state index contributed by atoms with van der Waals surface area (Å²) in [6.07, 6.45) is 1.64. The van der Waals surface area contributed by atoms with E-state index in [1.54, 1.807) is 19.4 Å². The summed E-state index contributed by atoms with van der Waals surface area (Å²) in [6, 6.07) is 5.62. The van der Waals surface area contributed by atoms with Crippen LogP contribution in [0.4, 0.5) is 5.69 Å². The number of aromatic nitrogens is 2. The van der Waals surface area contributed by atoms with Crippen molar-refractivity contribution in [3.63, 3.8) is 0 Å². The molecule has 1 heterocycles. The van der Waals surface area contributed by atoms with Crippen LogP contribution in [0.3, 0.4) is 0 Å². The molecular weight excluding hydrogens is 238 g/mol. The highest BCUT2D eigenvalue weighted by molar-refractivity contribution is 6.31. The predicted molar refractivity (Wildman–Crippen MR) is 68.5 cm³/mol. The minimum Gasteiger partial charge on any atom is -0.497 e. The lowest BCUT2D eigenvalue weighted by molar-refractivity contribution is 0.414. The van der Waals surface area contributed by atoms with Gasteiger partial charge in [-0.1, -0.05) is 11.6 Å². The summed E-state index contributed by atoms with van der Waals surface area (Å²) in [5.74, 6) is 0.746. The Morgan fingerprint density at radius 3 is 2.76 bits per heavy atom. The maximum atomic E-state index is 5.95. The molecule has 0 saturated carbocycles. The molecule has 0 bridgehead atoms. The molecule has 0 amide bonds. The smallest absolute Gasteiger partial charge is 0.121 e. The first-order chi connectivity index (χ1) is 8.10. The van der Waals surface area contributed by atoms with Crippen LogP contribution in [0.5, 0.6) is 5.75 Å². The molecule has 1 aromatic heterocycles. The van der Waals surface area contributed by atoms with Crippen LogP contribution >= 0.6 is 11.6 Å². The lowest BCUT2D eigenvalue weighted by Gasteiger charge is -2.08. The number of nitrogens with zero attached hydrogens (tertiary/aromatic N) is 2. The van der Waals surface area contributed by atoms with Gasteiger partial charge in [0, 0.05) is 11.8 Å². The van der Waals surface area contributed by atoms with Gasteiger partial charge in [0.2, 0.25) is 0 Å². The van der Waals surface area contributed by atoms with Crippen molar-refractivity contribution >= 4 is 17.3 Å². The highest BCUT2D eigenvalue weighted by Crippen LogP contribution is 2.20. The quantitative estimate of drug-likeness (QED) is 0.853. The van der Waals surface area contributed by atoms with E-state index >= 15 is 0 Å². The highest BCUT2D eigenvalue weighted by Gasteiger charge is 2.06. The van der Waals surface area contributed by atoms with E-state index < -0.39 is 0 Å². The molecule has 2 rings (SSSR count). The zero-order valence-corrected chi connectivity index (χ0v) is 10.5. The van der Waals surface area contributed by atoms with Crippen LogP contribution in [0.15, 0.2) is 24.4 Å². The lowest BCUT2D eigenvalue weighted by Crippen LogP contribution is -2.04. The van der Waals surface area contributed by atoms with Crippen LogP contribution in [0.25, 0.3) is 0 Å². The first kappa shape index (κ1) is 11.8. The molecule has 0 atom stereocenters. The minimum atomic E-state index is 0.625. The second-order valence-electron chi connectivity index (χ2n) is 3.85. The Kier molecular flexibility index (Phi) is 3.24. The molecule has 90 valence electrons. The van der Waals surface area contributed by atoms with Crippen LogP contribution in [-0.4, -0.2) is 16.9 Å². The number of nitrogen functional groups attached to an aromatic ring is 1. The molecule has 0 aliphatic heterocycles. The van der Waals surface area contributed by atoms with Gasteiger partial charge in [-0.3, -0.25) is 4.68 Å². The SMILES string of the molecule is COc1cc(N)cc(Cn2ncc(Cl)c2C)c1. The molecule has 0 saturated heterocycles. The van der Waals surface area contributed by atoms with Crippen molar-refractivity contribution < 1.29 is 4.74 Å². The molecule has 0 spiro atoms. The van der Waals surface area contributed by atoms with E-state index in [9.17, 15) is 0 Å². The second kappa shape index (κ2) is 4.67. The largest absolute Gasteiger partial charge is 0.497 e. The van der Waals surface area contributed by atoms with Crippen molar-refractivity contribution in [2.75, 3.05) is 12.8 Å². The standard InChI is InChI=1S/C12H14ClN3O/c1-8-12(13)6-15-16(8)7-9-3-10(14)5-11(4-9)17-2/h3-6H,7,14H2,1-2H3. The van der Waals surface area contributed by atoms with Crippen molar-refractivity contribution in [1.82, 2.24) is 9.78 Å². The van der Waals surface area contributed by atoms with Crippen molar-refractivity contribution in [2.24, 2.45) is 0 Å². The fourth-order valence-corrected chi connectivity index (χ4v) is 1.79. The Labute approximate surface area is 105 Å². The molecule has 0 aliphatic rings. The number of nitrogens with two attached hydrogens (primary N) is 1. The van der Waals surface area contributed by atoms with Gasteiger partial charge in [0.25, 0.3) is 0 Å². The Morgan fingerprint density at radius 1 is 1.41 bits per heavy atom. The van der Waals surface area contributed by atoms with Crippen LogP contribution in [0.2, 0.25) is 5.02 Å². The third-order valence-corrected chi connectivity index (χ3v) is 2.97. The summed E-state index contributed by atoms with van der Waals surface area (Å²) in [4.78, 5) is 0.